The fourth-order valence-electron chi connectivity index (χ4n) is 2.32. The van der Waals surface area contributed by atoms with Crippen LogP contribution in [0.2, 0.25) is 0 Å². The molecule has 0 bridgehead atoms. The summed E-state index contributed by atoms with van der Waals surface area (Å²) in [4.78, 5) is 29.4. The molecule has 1 amide bonds. The standard InChI is InChI=1S/C15H20N4O3/c1-5-10(3)18(8-14(20)21)15(22)12-7-16-13-6-9(2)17-19(13)11(12)4/h6-7,10H,5,8H2,1-4H3,(H,20,21). The van der Waals surface area contributed by atoms with Gasteiger partial charge in [0.2, 0.25) is 0 Å². The number of carboxylic acids is 1. The summed E-state index contributed by atoms with van der Waals surface area (Å²) in [5.74, 6) is -1.37. The van der Waals surface area contributed by atoms with E-state index < -0.39 is 5.97 Å². The lowest BCUT2D eigenvalue weighted by atomic mass is 10.1. The number of rotatable bonds is 5. The third kappa shape index (κ3) is 2.93. The van der Waals surface area contributed by atoms with Crippen molar-refractivity contribution < 1.29 is 14.7 Å². The minimum atomic E-state index is -1.03. The molecule has 2 heterocycles. The number of hydrogen-bond donors (Lipinski definition) is 1. The summed E-state index contributed by atoms with van der Waals surface area (Å²) in [6, 6.07) is 1.66. The molecule has 0 aliphatic heterocycles. The van der Waals surface area contributed by atoms with Crippen molar-refractivity contribution in [2.24, 2.45) is 0 Å². The molecule has 0 aliphatic carbocycles. The Morgan fingerprint density at radius 2 is 2.09 bits per heavy atom. The third-order valence-corrected chi connectivity index (χ3v) is 3.77. The highest BCUT2D eigenvalue weighted by molar-refractivity contribution is 5.97. The van der Waals surface area contributed by atoms with Gasteiger partial charge in [0, 0.05) is 18.3 Å². The maximum absolute atomic E-state index is 12.7. The number of carbonyl (C=O) groups is 2. The third-order valence-electron chi connectivity index (χ3n) is 3.77. The van der Waals surface area contributed by atoms with Crippen molar-refractivity contribution in [1.82, 2.24) is 19.5 Å². The fourth-order valence-corrected chi connectivity index (χ4v) is 2.32. The van der Waals surface area contributed by atoms with Crippen LogP contribution in [0.3, 0.4) is 0 Å². The molecule has 0 spiro atoms. The number of aliphatic carboxylic acids is 1. The van der Waals surface area contributed by atoms with Crippen LogP contribution in [-0.2, 0) is 4.79 Å². The van der Waals surface area contributed by atoms with Crippen LogP contribution >= 0.6 is 0 Å². The van der Waals surface area contributed by atoms with Gasteiger partial charge in [0.05, 0.1) is 17.0 Å². The van der Waals surface area contributed by atoms with Crippen molar-refractivity contribution in [3.05, 3.63) is 29.2 Å². The number of carbonyl (C=O) groups excluding carboxylic acids is 1. The largest absolute Gasteiger partial charge is 0.480 e. The number of amides is 1. The van der Waals surface area contributed by atoms with Crippen LogP contribution in [0.25, 0.3) is 5.65 Å². The molecule has 0 aromatic carbocycles. The molecule has 1 atom stereocenters. The summed E-state index contributed by atoms with van der Waals surface area (Å²) in [5, 5.41) is 13.3. The molecule has 0 aliphatic rings. The van der Waals surface area contributed by atoms with Gasteiger partial charge in [0.25, 0.3) is 5.91 Å². The van der Waals surface area contributed by atoms with Gasteiger partial charge >= 0.3 is 5.97 Å². The van der Waals surface area contributed by atoms with Crippen LogP contribution in [0.5, 0.6) is 0 Å². The molecule has 1 N–H and O–H groups in total. The first-order chi connectivity index (χ1) is 10.3. The number of hydrogen-bond acceptors (Lipinski definition) is 4. The Balaban J connectivity index is 2.45. The van der Waals surface area contributed by atoms with Crippen molar-refractivity contribution in [2.75, 3.05) is 6.54 Å². The number of aromatic nitrogens is 3. The Labute approximate surface area is 128 Å². The summed E-state index contributed by atoms with van der Waals surface area (Å²) in [6.07, 6.45) is 2.17. The lowest BCUT2D eigenvalue weighted by Crippen LogP contribution is -2.42. The van der Waals surface area contributed by atoms with Crippen molar-refractivity contribution >= 4 is 17.5 Å². The Bertz CT molecular complexity index is 723. The normalized spacial score (nSPS) is 12.4. The zero-order chi connectivity index (χ0) is 16.4. The van der Waals surface area contributed by atoms with E-state index in [9.17, 15) is 9.59 Å². The second-order valence-electron chi connectivity index (χ2n) is 5.40. The quantitative estimate of drug-likeness (QED) is 0.908. The second kappa shape index (κ2) is 6.13. The van der Waals surface area contributed by atoms with Crippen LogP contribution in [-0.4, -0.2) is 49.1 Å². The van der Waals surface area contributed by atoms with Gasteiger partial charge in [-0.05, 0) is 27.2 Å². The first kappa shape index (κ1) is 15.9. The molecule has 0 saturated carbocycles. The zero-order valence-corrected chi connectivity index (χ0v) is 13.2. The van der Waals surface area contributed by atoms with Gasteiger partial charge in [0.15, 0.2) is 5.65 Å². The van der Waals surface area contributed by atoms with Crippen molar-refractivity contribution in [2.45, 2.75) is 40.2 Å². The zero-order valence-electron chi connectivity index (χ0n) is 13.2. The molecular weight excluding hydrogens is 284 g/mol. The Morgan fingerprint density at radius 1 is 1.41 bits per heavy atom. The monoisotopic (exact) mass is 304 g/mol. The molecule has 0 fully saturated rings. The second-order valence-corrected chi connectivity index (χ2v) is 5.40. The molecule has 22 heavy (non-hydrogen) atoms. The molecule has 2 aromatic heterocycles. The van der Waals surface area contributed by atoms with Crippen LogP contribution in [0.15, 0.2) is 12.3 Å². The first-order valence-electron chi connectivity index (χ1n) is 7.19. The van der Waals surface area contributed by atoms with Gasteiger partial charge in [-0.1, -0.05) is 6.92 Å². The number of aryl methyl sites for hydroxylation is 2. The average Bonchev–Trinajstić information content (AvgIpc) is 2.85. The Morgan fingerprint density at radius 3 is 2.68 bits per heavy atom. The topological polar surface area (TPSA) is 87.8 Å². The summed E-state index contributed by atoms with van der Waals surface area (Å²) in [7, 11) is 0. The molecule has 2 rings (SSSR count). The fraction of sp³-hybridized carbons (Fsp3) is 0.467. The van der Waals surface area contributed by atoms with Crippen LogP contribution < -0.4 is 0 Å². The van der Waals surface area contributed by atoms with Gasteiger partial charge in [-0.3, -0.25) is 9.59 Å². The predicted octanol–water partition coefficient (Wildman–Crippen LogP) is 1.67. The number of nitrogens with zero attached hydrogens (tertiary/aromatic N) is 4. The number of fused-ring (bicyclic) bond motifs is 1. The van der Waals surface area contributed by atoms with E-state index in [-0.39, 0.29) is 18.5 Å². The summed E-state index contributed by atoms with van der Waals surface area (Å²) < 4.78 is 1.61. The van der Waals surface area contributed by atoms with E-state index >= 15 is 0 Å². The highest BCUT2D eigenvalue weighted by Gasteiger charge is 2.25. The molecular formula is C15H20N4O3. The van der Waals surface area contributed by atoms with E-state index in [1.165, 1.54) is 11.1 Å². The molecule has 7 nitrogen and oxygen atoms in total. The first-order valence-corrected chi connectivity index (χ1v) is 7.19. The molecule has 0 radical (unpaired) electrons. The highest BCUT2D eigenvalue weighted by atomic mass is 16.4. The smallest absolute Gasteiger partial charge is 0.323 e. The van der Waals surface area contributed by atoms with Crippen LogP contribution in [0, 0.1) is 13.8 Å². The van der Waals surface area contributed by atoms with E-state index in [1.54, 1.807) is 11.4 Å². The summed E-state index contributed by atoms with van der Waals surface area (Å²) >= 11 is 0. The van der Waals surface area contributed by atoms with Crippen LogP contribution in [0.1, 0.15) is 42.0 Å². The highest BCUT2D eigenvalue weighted by Crippen LogP contribution is 2.15. The SMILES string of the molecule is CCC(C)N(CC(=O)O)C(=O)c1cnc2cc(C)nn2c1C. The average molecular weight is 304 g/mol. The Hall–Kier alpha value is -2.44. The molecule has 2 aromatic rings. The molecule has 0 saturated heterocycles. The van der Waals surface area contributed by atoms with Gasteiger partial charge in [-0.25, -0.2) is 9.50 Å². The lowest BCUT2D eigenvalue weighted by Gasteiger charge is -2.27. The van der Waals surface area contributed by atoms with Gasteiger partial charge in [0.1, 0.15) is 6.54 Å². The maximum Gasteiger partial charge on any atom is 0.323 e. The van der Waals surface area contributed by atoms with E-state index in [0.29, 0.717) is 23.3 Å². The van der Waals surface area contributed by atoms with Crippen molar-refractivity contribution in [3.63, 3.8) is 0 Å². The van der Waals surface area contributed by atoms with E-state index in [4.69, 9.17) is 5.11 Å². The Kier molecular flexibility index (Phi) is 4.44. The minimum absolute atomic E-state index is 0.168. The molecule has 1 unspecified atom stereocenters. The van der Waals surface area contributed by atoms with E-state index in [0.717, 1.165) is 5.69 Å². The van der Waals surface area contributed by atoms with E-state index in [2.05, 4.69) is 10.1 Å². The molecule has 118 valence electrons. The summed E-state index contributed by atoms with van der Waals surface area (Å²) in [6.45, 7) is 7.05. The van der Waals surface area contributed by atoms with Gasteiger partial charge in [-0.2, -0.15) is 5.10 Å². The van der Waals surface area contributed by atoms with Gasteiger partial charge in [-0.15, -0.1) is 0 Å². The minimum Gasteiger partial charge on any atom is -0.480 e. The lowest BCUT2D eigenvalue weighted by molar-refractivity contribution is -0.138. The van der Waals surface area contributed by atoms with Crippen molar-refractivity contribution in [3.8, 4) is 0 Å². The number of carboxylic acid groups (broad SMARTS) is 1. The summed E-state index contributed by atoms with van der Waals surface area (Å²) in [5.41, 5.74) is 2.50. The molecule has 7 heteroatoms. The van der Waals surface area contributed by atoms with E-state index in [1.807, 2.05) is 26.8 Å². The van der Waals surface area contributed by atoms with Crippen molar-refractivity contribution in [1.29, 1.82) is 0 Å². The predicted molar refractivity (Wildman–Crippen MR) is 80.9 cm³/mol. The maximum atomic E-state index is 12.7. The van der Waals surface area contributed by atoms with Crippen LogP contribution in [0.4, 0.5) is 0 Å². The van der Waals surface area contributed by atoms with Gasteiger partial charge < -0.3 is 10.0 Å².